The molecule has 0 saturated carbocycles. The van der Waals surface area contributed by atoms with Gasteiger partial charge in [-0.05, 0) is 61.9 Å². The van der Waals surface area contributed by atoms with E-state index in [4.69, 9.17) is 10.5 Å². The van der Waals surface area contributed by atoms with Crippen LogP contribution in [0.2, 0.25) is 0 Å². The first-order chi connectivity index (χ1) is 10.1. The summed E-state index contributed by atoms with van der Waals surface area (Å²) in [7, 11) is 0. The Morgan fingerprint density at radius 2 is 1.86 bits per heavy atom. The van der Waals surface area contributed by atoms with E-state index < -0.39 is 0 Å². The van der Waals surface area contributed by atoms with E-state index in [1.165, 1.54) is 34.2 Å². The SMILES string of the molecule is Cc1cc(C)cc(COc2ccc3c(c2)[C@H](N)CCC3)c1. The summed E-state index contributed by atoms with van der Waals surface area (Å²) in [6.07, 6.45) is 3.41. The van der Waals surface area contributed by atoms with Crippen molar-refractivity contribution in [2.75, 3.05) is 0 Å². The molecule has 1 atom stereocenters. The Kier molecular flexibility index (Phi) is 3.98. The molecule has 1 aliphatic rings. The van der Waals surface area contributed by atoms with Crippen LogP contribution in [-0.2, 0) is 13.0 Å². The number of aryl methyl sites for hydroxylation is 3. The minimum absolute atomic E-state index is 0.165. The van der Waals surface area contributed by atoms with Gasteiger partial charge in [-0.3, -0.25) is 0 Å². The summed E-state index contributed by atoms with van der Waals surface area (Å²) in [5.74, 6) is 0.922. The van der Waals surface area contributed by atoms with Gasteiger partial charge >= 0.3 is 0 Å². The third-order valence-electron chi connectivity index (χ3n) is 4.17. The topological polar surface area (TPSA) is 35.2 Å². The van der Waals surface area contributed by atoms with Crippen LogP contribution < -0.4 is 10.5 Å². The predicted molar refractivity (Wildman–Crippen MR) is 86.6 cm³/mol. The van der Waals surface area contributed by atoms with Crippen LogP contribution in [0.4, 0.5) is 0 Å². The quantitative estimate of drug-likeness (QED) is 0.914. The van der Waals surface area contributed by atoms with Gasteiger partial charge in [0.15, 0.2) is 0 Å². The van der Waals surface area contributed by atoms with Crippen molar-refractivity contribution >= 4 is 0 Å². The molecule has 0 bridgehead atoms. The van der Waals surface area contributed by atoms with Crippen LogP contribution in [0.1, 0.15) is 46.7 Å². The van der Waals surface area contributed by atoms with E-state index >= 15 is 0 Å². The van der Waals surface area contributed by atoms with Crippen LogP contribution in [-0.4, -0.2) is 0 Å². The number of benzene rings is 2. The van der Waals surface area contributed by atoms with Crippen molar-refractivity contribution < 1.29 is 4.74 Å². The third-order valence-corrected chi connectivity index (χ3v) is 4.17. The molecule has 0 heterocycles. The van der Waals surface area contributed by atoms with Crippen LogP contribution in [0, 0.1) is 13.8 Å². The standard InChI is InChI=1S/C19H23NO/c1-13-8-14(2)10-15(9-13)12-21-17-7-6-16-4-3-5-19(20)18(16)11-17/h6-11,19H,3-5,12,20H2,1-2H3/t19-/m1/s1. The van der Waals surface area contributed by atoms with Crippen molar-refractivity contribution in [3.05, 3.63) is 64.2 Å². The molecule has 1 aliphatic carbocycles. The summed E-state index contributed by atoms with van der Waals surface area (Å²) >= 11 is 0. The molecule has 2 aromatic carbocycles. The molecule has 2 heteroatoms. The first-order valence-corrected chi connectivity index (χ1v) is 7.70. The van der Waals surface area contributed by atoms with Crippen LogP contribution in [0.5, 0.6) is 5.75 Å². The molecule has 0 spiro atoms. The predicted octanol–water partition coefficient (Wildman–Crippen LogP) is 4.22. The summed E-state index contributed by atoms with van der Waals surface area (Å²) in [6, 6.07) is 13.1. The maximum Gasteiger partial charge on any atom is 0.120 e. The average molecular weight is 281 g/mol. The number of hydrogen-bond acceptors (Lipinski definition) is 2. The molecule has 2 aromatic rings. The number of nitrogens with two attached hydrogens (primary N) is 1. The van der Waals surface area contributed by atoms with E-state index in [0.29, 0.717) is 6.61 Å². The monoisotopic (exact) mass is 281 g/mol. The van der Waals surface area contributed by atoms with Crippen molar-refractivity contribution in [2.45, 2.75) is 45.8 Å². The summed E-state index contributed by atoms with van der Waals surface area (Å²) in [4.78, 5) is 0. The molecule has 0 aliphatic heterocycles. The second kappa shape index (κ2) is 5.90. The smallest absolute Gasteiger partial charge is 0.120 e. The van der Waals surface area contributed by atoms with Crippen molar-refractivity contribution in [2.24, 2.45) is 5.73 Å². The molecular weight excluding hydrogens is 258 g/mol. The van der Waals surface area contributed by atoms with Crippen LogP contribution in [0.3, 0.4) is 0 Å². The van der Waals surface area contributed by atoms with Crippen molar-refractivity contribution in [3.8, 4) is 5.75 Å². The largest absolute Gasteiger partial charge is 0.489 e. The van der Waals surface area contributed by atoms with Crippen LogP contribution >= 0.6 is 0 Å². The molecule has 0 amide bonds. The highest BCUT2D eigenvalue weighted by Crippen LogP contribution is 2.31. The molecule has 21 heavy (non-hydrogen) atoms. The average Bonchev–Trinajstić information content (AvgIpc) is 2.45. The molecule has 2 nitrogen and oxygen atoms in total. The van der Waals surface area contributed by atoms with Crippen molar-refractivity contribution in [3.63, 3.8) is 0 Å². The number of rotatable bonds is 3. The molecule has 0 saturated heterocycles. The second-order valence-corrected chi connectivity index (χ2v) is 6.14. The van der Waals surface area contributed by atoms with Gasteiger partial charge in [0.1, 0.15) is 12.4 Å². The Labute approximate surface area is 126 Å². The summed E-state index contributed by atoms with van der Waals surface area (Å²) in [5, 5.41) is 0. The molecule has 2 N–H and O–H groups in total. The maximum absolute atomic E-state index is 6.21. The van der Waals surface area contributed by atoms with Gasteiger partial charge in [-0.15, -0.1) is 0 Å². The number of ether oxygens (including phenoxy) is 1. The van der Waals surface area contributed by atoms with Gasteiger partial charge in [0.2, 0.25) is 0 Å². The van der Waals surface area contributed by atoms with E-state index in [1.54, 1.807) is 0 Å². The highest BCUT2D eigenvalue weighted by Gasteiger charge is 2.17. The fourth-order valence-electron chi connectivity index (χ4n) is 3.22. The lowest BCUT2D eigenvalue weighted by molar-refractivity contribution is 0.305. The Bertz CT molecular complexity index is 628. The van der Waals surface area contributed by atoms with Crippen LogP contribution in [0.15, 0.2) is 36.4 Å². The van der Waals surface area contributed by atoms with E-state index in [-0.39, 0.29) is 6.04 Å². The highest BCUT2D eigenvalue weighted by molar-refractivity contribution is 5.39. The first-order valence-electron chi connectivity index (χ1n) is 7.70. The summed E-state index contributed by atoms with van der Waals surface area (Å²) in [6.45, 7) is 4.85. The van der Waals surface area contributed by atoms with Gasteiger partial charge in [-0.25, -0.2) is 0 Å². The Hall–Kier alpha value is -1.80. The first kappa shape index (κ1) is 14.2. The van der Waals surface area contributed by atoms with Gasteiger partial charge in [0.05, 0.1) is 0 Å². The van der Waals surface area contributed by atoms with Gasteiger partial charge in [-0.1, -0.05) is 35.4 Å². The highest BCUT2D eigenvalue weighted by atomic mass is 16.5. The fraction of sp³-hybridized carbons (Fsp3) is 0.368. The zero-order chi connectivity index (χ0) is 14.8. The van der Waals surface area contributed by atoms with Gasteiger partial charge in [0.25, 0.3) is 0 Å². The minimum atomic E-state index is 0.165. The van der Waals surface area contributed by atoms with Gasteiger partial charge < -0.3 is 10.5 Å². The number of hydrogen-bond donors (Lipinski definition) is 1. The molecule has 0 aromatic heterocycles. The summed E-state index contributed by atoms with van der Waals surface area (Å²) in [5.41, 5.74) is 12.6. The molecular formula is C19H23NO. The lowest BCUT2D eigenvalue weighted by atomic mass is 9.88. The lowest BCUT2D eigenvalue weighted by Crippen LogP contribution is -2.17. The zero-order valence-corrected chi connectivity index (χ0v) is 12.9. The normalized spacial score (nSPS) is 17.4. The van der Waals surface area contributed by atoms with Gasteiger partial charge in [-0.2, -0.15) is 0 Å². The fourth-order valence-corrected chi connectivity index (χ4v) is 3.22. The Balaban J connectivity index is 1.75. The third kappa shape index (κ3) is 3.27. The van der Waals surface area contributed by atoms with E-state index in [9.17, 15) is 0 Å². The second-order valence-electron chi connectivity index (χ2n) is 6.14. The lowest BCUT2D eigenvalue weighted by Gasteiger charge is -2.22. The number of fused-ring (bicyclic) bond motifs is 1. The Morgan fingerprint density at radius 3 is 2.62 bits per heavy atom. The maximum atomic E-state index is 6.21. The van der Waals surface area contributed by atoms with E-state index in [1.807, 2.05) is 0 Å². The minimum Gasteiger partial charge on any atom is -0.489 e. The van der Waals surface area contributed by atoms with Gasteiger partial charge in [0, 0.05) is 6.04 Å². The molecule has 0 unspecified atom stereocenters. The Morgan fingerprint density at radius 1 is 1.10 bits per heavy atom. The van der Waals surface area contributed by atoms with Crippen molar-refractivity contribution in [1.29, 1.82) is 0 Å². The van der Waals surface area contributed by atoms with E-state index in [2.05, 4.69) is 50.2 Å². The molecule has 3 rings (SSSR count). The van der Waals surface area contributed by atoms with Crippen molar-refractivity contribution in [1.82, 2.24) is 0 Å². The zero-order valence-electron chi connectivity index (χ0n) is 12.9. The summed E-state index contributed by atoms with van der Waals surface area (Å²) < 4.78 is 5.96. The molecule has 110 valence electrons. The van der Waals surface area contributed by atoms with E-state index in [0.717, 1.165) is 18.6 Å². The molecule has 0 fully saturated rings. The van der Waals surface area contributed by atoms with Crippen LogP contribution in [0.25, 0.3) is 0 Å². The molecule has 0 radical (unpaired) electrons.